The first-order chi connectivity index (χ1) is 11.6. The molecule has 1 aromatic carbocycles. The van der Waals surface area contributed by atoms with Crippen molar-refractivity contribution in [1.82, 2.24) is 14.5 Å². The highest BCUT2D eigenvalue weighted by atomic mass is 16.5. The van der Waals surface area contributed by atoms with Gasteiger partial charge in [-0.05, 0) is 12.5 Å². The highest BCUT2D eigenvalue weighted by Gasteiger charge is 2.39. The lowest BCUT2D eigenvalue weighted by molar-refractivity contribution is -0.139. The Morgan fingerprint density at radius 2 is 2.12 bits per heavy atom. The molecule has 1 aromatic heterocycles. The molecule has 2 aliphatic heterocycles. The number of carbonyl (C=O) groups excluding carboxylic acids is 1. The highest BCUT2D eigenvalue weighted by molar-refractivity contribution is 5.83. The molecule has 0 N–H and O–H groups in total. The third-order valence-electron chi connectivity index (χ3n) is 4.96. The summed E-state index contributed by atoms with van der Waals surface area (Å²) >= 11 is 0. The number of fused-ring (bicyclic) bond motifs is 2. The summed E-state index contributed by atoms with van der Waals surface area (Å²) in [7, 11) is 1.69. The number of aryl methyl sites for hydroxylation is 1. The fourth-order valence-corrected chi connectivity index (χ4v) is 3.52. The van der Waals surface area contributed by atoms with E-state index in [0.29, 0.717) is 30.8 Å². The van der Waals surface area contributed by atoms with Crippen LogP contribution in [0.3, 0.4) is 0 Å². The molecule has 4 rings (SSSR count). The van der Waals surface area contributed by atoms with E-state index in [1.54, 1.807) is 11.9 Å². The third kappa shape index (κ3) is 2.21. The molecule has 2 atom stereocenters. The predicted octanol–water partition coefficient (Wildman–Crippen LogP) is 1.23. The Morgan fingerprint density at radius 3 is 2.92 bits per heavy atom. The molecule has 2 aromatic rings. The minimum absolute atomic E-state index is 0.0201. The van der Waals surface area contributed by atoms with Crippen LogP contribution in [0.25, 0.3) is 0 Å². The molecule has 124 valence electrons. The topological polar surface area (TPSA) is 64.4 Å². The molecule has 0 aliphatic carbocycles. The molecule has 2 aliphatic rings. The van der Waals surface area contributed by atoms with E-state index in [1.165, 1.54) is 10.9 Å². The molecular formula is C18H19N3O3. The van der Waals surface area contributed by atoms with E-state index >= 15 is 0 Å². The van der Waals surface area contributed by atoms with Gasteiger partial charge in [-0.3, -0.25) is 9.59 Å². The largest absolute Gasteiger partial charge is 0.480 e. The average Bonchev–Trinajstić information content (AvgIpc) is 2.94. The lowest BCUT2D eigenvalue weighted by Gasteiger charge is -2.30. The van der Waals surface area contributed by atoms with Gasteiger partial charge >= 0.3 is 0 Å². The number of ether oxygens (including phenoxy) is 1. The zero-order valence-electron chi connectivity index (χ0n) is 13.7. The van der Waals surface area contributed by atoms with Gasteiger partial charge in [0.2, 0.25) is 0 Å². The second-order valence-corrected chi connectivity index (χ2v) is 6.46. The van der Waals surface area contributed by atoms with Gasteiger partial charge in [0.1, 0.15) is 5.75 Å². The van der Waals surface area contributed by atoms with Crippen molar-refractivity contribution >= 4 is 5.91 Å². The van der Waals surface area contributed by atoms with Gasteiger partial charge < -0.3 is 14.2 Å². The molecule has 6 nitrogen and oxygen atoms in total. The number of amides is 1. The number of para-hydroxylation sites is 1. The average molecular weight is 325 g/mol. The standard InChI is InChI=1S/C18H19N3O3/c1-11-12-5-3-4-6-15(12)24-16(11)18(23)21-8-7-13-14(9-21)19-10-20(2)17(13)22/h3-6,10-11,16H,7-9H2,1-2H3. The van der Waals surface area contributed by atoms with Crippen molar-refractivity contribution in [1.29, 1.82) is 0 Å². The van der Waals surface area contributed by atoms with E-state index < -0.39 is 6.10 Å². The Hall–Kier alpha value is -2.63. The number of hydrogen-bond acceptors (Lipinski definition) is 4. The molecule has 24 heavy (non-hydrogen) atoms. The SMILES string of the molecule is CC1c2ccccc2OC1C(=O)N1CCc2c(ncn(C)c2=O)C1. The minimum Gasteiger partial charge on any atom is -0.480 e. The number of nitrogens with zero attached hydrogens (tertiary/aromatic N) is 3. The van der Waals surface area contributed by atoms with Crippen molar-refractivity contribution in [2.45, 2.75) is 31.9 Å². The Balaban J connectivity index is 1.57. The molecule has 6 heteroatoms. The number of benzene rings is 1. The van der Waals surface area contributed by atoms with Crippen LogP contribution in [-0.2, 0) is 24.8 Å². The summed E-state index contributed by atoms with van der Waals surface area (Å²) in [6, 6.07) is 7.78. The summed E-state index contributed by atoms with van der Waals surface area (Å²) in [4.78, 5) is 31.2. The van der Waals surface area contributed by atoms with Crippen LogP contribution in [0.15, 0.2) is 35.4 Å². The van der Waals surface area contributed by atoms with Crippen molar-refractivity contribution in [3.63, 3.8) is 0 Å². The van der Waals surface area contributed by atoms with Crippen molar-refractivity contribution in [2.75, 3.05) is 6.54 Å². The molecule has 2 unspecified atom stereocenters. The van der Waals surface area contributed by atoms with Gasteiger partial charge in [0.25, 0.3) is 11.5 Å². The molecular weight excluding hydrogens is 306 g/mol. The first-order valence-corrected chi connectivity index (χ1v) is 8.14. The van der Waals surface area contributed by atoms with Gasteiger partial charge in [-0.1, -0.05) is 25.1 Å². The fourth-order valence-electron chi connectivity index (χ4n) is 3.52. The quantitative estimate of drug-likeness (QED) is 0.791. The lowest BCUT2D eigenvalue weighted by atomic mass is 9.96. The zero-order chi connectivity index (χ0) is 16.8. The van der Waals surface area contributed by atoms with Crippen molar-refractivity contribution in [3.8, 4) is 5.75 Å². The van der Waals surface area contributed by atoms with Gasteiger partial charge in [-0.2, -0.15) is 0 Å². The Kier molecular flexibility index (Phi) is 3.40. The number of aromatic nitrogens is 2. The maximum absolute atomic E-state index is 12.9. The monoisotopic (exact) mass is 325 g/mol. The summed E-state index contributed by atoms with van der Waals surface area (Å²) in [5.74, 6) is 0.770. The zero-order valence-corrected chi connectivity index (χ0v) is 13.7. The number of carbonyl (C=O) groups is 1. The summed E-state index contributed by atoms with van der Waals surface area (Å²) in [6.07, 6.45) is 1.55. The van der Waals surface area contributed by atoms with E-state index in [9.17, 15) is 9.59 Å². The second kappa shape index (κ2) is 5.47. The Labute approximate surface area is 139 Å². The fraction of sp³-hybridized carbons (Fsp3) is 0.389. The van der Waals surface area contributed by atoms with Crippen LogP contribution in [0, 0.1) is 0 Å². The predicted molar refractivity (Wildman–Crippen MR) is 87.9 cm³/mol. The van der Waals surface area contributed by atoms with Crippen LogP contribution in [0.4, 0.5) is 0 Å². The van der Waals surface area contributed by atoms with E-state index in [1.807, 2.05) is 31.2 Å². The molecule has 3 heterocycles. The van der Waals surface area contributed by atoms with Gasteiger partial charge in [0, 0.05) is 30.6 Å². The molecule has 0 bridgehead atoms. The van der Waals surface area contributed by atoms with Crippen molar-refractivity contribution in [2.24, 2.45) is 7.05 Å². The Bertz CT molecular complexity index is 874. The molecule has 1 amide bonds. The smallest absolute Gasteiger partial charge is 0.264 e. The normalized spacial score (nSPS) is 21.8. The van der Waals surface area contributed by atoms with Crippen molar-refractivity contribution < 1.29 is 9.53 Å². The maximum Gasteiger partial charge on any atom is 0.264 e. The van der Waals surface area contributed by atoms with Crippen LogP contribution in [0.2, 0.25) is 0 Å². The summed E-state index contributed by atoms with van der Waals surface area (Å²) in [6.45, 7) is 2.91. The van der Waals surface area contributed by atoms with Gasteiger partial charge in [-0.15, -0.1) is 0 Å². The van der Waals surface area contributed by atoms with E-state index in [4.69, 9.17) is 4.74 Å². The van der Waals surface area contributed by atoms with Crippen LogP contribution >= 0.6 is 0 Å². The third-order valence-corrected chi connectivity index (χ3v) is 4.96. The summed E-state index contributed by atoms with van der Waals surface area (Å²) in [5, 5.41) is 0. The molecule has 0 saturated heterocycles. The lowest BCUT2D eigenvalue weighted by Crippen LogP contribution is -2.46. The second-order valence-electron chi connectivity index (χ2n) is 6.46. The highest BCUT2D eigenvalue weighted by Crippen LogP contribution is 2.38. The molecule has 0 saturated carbocycles. The summed E-state index contributed by atoms with van der Waals surface area (Å²) in [5.41, 5.74) is 2.46. The van der Waals surface area contributed by atoms with Gasteiger partial charge in [-0.25, -0.2) is 4.98 Å². The first-order valence-electron chi connectivity index (χ1n) is 8.14. The minimum atomic E-state index is -0.504. The van der Waals surface area contributed by atoms with Crippen LogP contribution in [-0.4, -0.2) is 33.0 Å². The molecule has 0 spiro atoms. The van der Waals surface area contributed by atoms with Crippen LogP contribution < -0.4 is 10.3 Å². The first kappa shape index (κ1) is 14.9. The molecule has 0 fully saturated rings. The number of rotatable bonds is 1. The summed E-state index contributed by atoms with van der Waals surface area (Å²) < 4.78 is 7.37. The van der Waals surface area contributed by atoms with Crippen LogP contribution in [0.5, 0.6) is 5.75 Å². The van der Waals surface area contributed by atoms with Crippen LogP contribution in [0.1, 0.15) is 29.7 Å². The van der Waals surface area contributed by atoms with Gasteiger partial charge in [0.15, 0.2) is 6.10 Å². The number of hydrogen-bond donors (Lipinski definition) is 0. The van der Waals surface area contributed by atoms with E-state index in [-0.39, 0.29) is 17.4 Å². The van der Waals surface area contributed by atoms with Crippen molar-refractivity contribution in [3.05, 3.63) is 57.8 Å². The maximum atomic E-state index is 12.9. The Morgan fingerprint density at radius 1 is 1.33 bits per heavy atom. The molecule has 0 radical (unpaired) electrons. The van der Waals surface area contributed by atoms with E-state index in [0.717, 1.165) is 11.3 Å². The van der Waals surface area contributed by atoms with E-state index in [2.05, 4.69) is 4.98 Å². The van der Waals surface area contributed by atoms with Gasteiger partial charge in [0.05, 0.1) is 18.6 Å².